The molecule has 0 saturated heterocycles. The number of hydrogen-bond acceptors (Lipinski definition) is 3. The summed E-state index contributed by atoms with van der Waals surface area (Å²) in [6.45, 7) is 1.24. The highest BCUT2D eigenvalue weighted by molar-refractivity contribution is 4.99. The molecule has 3 heteroatoms. The van der Waals surface area contributed by atoms with E-state index in [1.165, 1.54) is 64.3 Å². The Morgan fingerprint density at radius 2 is 1.60 bits per heavy atom. The van der Waals surface area contributed by atoms with Crippen LogP contribution < -0.4 is 5.32 Å². The highest BCUT2D eigenvalue weighted by Crippen LogP contribution is 2.37. The SMILES string of the molecule is CNC1CCCCCCC1N(C)CC1(N(C)C)CCC1. The van der Waals surface area contributed by atoms with Crippen LogP contribution in [0.4, 0.5) is 0 Å². The van der Waals surface area contributed by atoms with E-state index in [-0.39, 0.29) is 0 Å². The Labute approximate surface area is 126 Å². The number of nitrogens with zero attached hydrogens (tertiary/aromatic N) is 2. The standard InChI is InChI=1S/C17H35N3/c1-18-15-10-7-5-6-8-11-16(15)20(4)14-17(19(2)3)12-9-13-17/h15-16,18H,5-14H2,1-4H3. The van der Waals surface area contributed by atoms with Gasteiger partial charge in [-0.15, -0.1) is 0 Å². The summed E-state index contributed by atoms with van der Waals surface area (Å²) in [5, 5.41) is 3.60. The van der Waals surface area contributed by atoms with Crippen LogP contribution >= 0.6 is 0 Å². The van der Waals surface area contributed by atoms with Crippen LogP contribution in [0.15, 0.2) is 0 Å². The molecule has 0 radical (unpaired) electrons. The first-order valence-electron chi connectivity index (χ1n) is 8.64. The molecule has 0 aliphatic heterocycles. The second-order valence-corrected chi connectivity index (χ2v) is 7.34. The average Bonchev–Trinajstić information content (AvgIpc) is 2.33. The van der Waals surface area contributed by atoms with Gasteiger partial charge in [-0.1, -0.05) is 25.7 Å². The fourth-order valence-electron chi connectivity index (χ4n) is 4.24. The Morgan fingerprint density at radius 3 is 2.10 bits per heavy atom. The molecule has 0 aromatic carbocycles. The molecule has 2 fully saturated rings. The Morgan fingerprint density at radius 1 is 0.950 bits per heavy atom. The molecule has 0 spiro atoms. The highest BCUT2D eigenvalue weighted by Gasteiger charge is 2.41. The molecule has 0 aromatic rings. The molecule has 0 bridgehead atoms. The van der Waals surface area contributed by atoms with Crippen molar-refractivity contribution in [3.8, 4) is 0 Å². The molecule has 3 nitrogen and oxygen atoms in total. The van der Waals surface area contributed by atoms with Crippen molar-refractivity contribution in [3.63, 3.8) is 0 Å². The van der Waals surface area contributed by atoms with Gasteiger partial charge in [-0.3, -0.25) is 0 Å². The van der Waals surface area contributed by atoms with Crippen LogP contribution in [0, 0.1) is 0 Å². The molecule has 0 heterocycles. The molecule has 118 valence electrons. The fraction of sp³-hybridized carbons (Fsp3) is 1.00. The molecule has 2 atom stereocenters. The van der Waals surface area contributed by atoms with E-state index < -0.39 is 0 Å². The van der Waals surface area contributed by atoms with Gasteiger partial charge in [0.1, 0.15) is 0 Å². The zero-order valence-corrected chi connectivity index (χ0v) is 14.1. The minimum Gasteiger partial charge on any atom is -0.315 e. The van der Waals surface area contributed by atoms with Gasteiger partial charge in [0.05, 0.1) is 0 Å². The van der Waals surface area contributed by atoms with E-state index in [1.807, 2.05) is 0 Å². The zero-order chi connectivity index (χ0) is 14.6. The Bertz CT molecular complexity index is 286. The van der Waals surface area contributed by atoms with Gasteiger partial charge >= 0.3 is 0 Å². The lowest BCUT2D eigenvalue weighted by Gasteiger charge is -2.51. The molecule has 2 saturated carbocycles. The molecule has 2 rings (SSSR count). The minimum absolute atomic E-state index is 0.454. The maximum atomic E-state index is 3.60. The van der Waals surface area contributed by atoms with E-state index in [9.17, 15) is 0 Å². The van der Waals surface area contributed by atoms with Gasteiger partial charge in [0.15, 0.2) is 0 Å². The second kappa shape index (κ2) is 7.24. The van der Waals surface area contributed by atoms with Crippen LogP contribution in [-0.2, 0) is 0 Å². The normalized spacial score (nSPS) is 30.9. The minimum atomic E-state index is 0.454. The van der Waals surface area contributed by atoms with E-state index >= 15 is 0 Å². The van der Waals surface area contributed by atoms with Crippen molar-refractivity contribution in [2.45, 2.75) is 75.4 Å². The average molecular weight is 281 g/mol. The van der Waals surface area contributed by atoms with Gasteiger partial charge in [0.25, 0.3) is 0 Å². The third-order valence-electron chi connectivity index (χ3n) is 5.94. The lowest BCUT2D eigenvalue weighted by atomic mass is 9.75. The van der Waals surface area contributed by atoms with Crippen molar-refractivity contribution in [3.05, 3.63) is 0 Å². The summed E-state index contributed by atoms with van der Waals surface area (Å²) in [5.74, 6) is 0. The summed E-state index contributed by atoms with van der Waals surface area (Å²) in [6.07, 6.45) is 12.5. The zero-order valence-electron chi connectivity index (χ0n) is 14.1. The topological polar surface area (TPSA) is 18.5 Å². The third kappa shape index (κ3) is 3.55. The monoisotopic (exact) mass is 281 g/mol. The van der Waals surface area contributed by atoms with Gasteiger partial charge in [-0.25, -0.2) is 0 Å². The van der Waals surface area contributed by atoms with E-state index in [2.05, 4.69) is 43.3 Å². The lowest BCUT2D eigenvalue weighted by Crippen LogP contribution is -2.60. The Hall–Kier alpha value is -0.120. The van der Waals surface area contributed by atoms with Gasteiger partial charge in [0.2, 0.25) is 0 Å². The van der Waals surface area contributed by atoms with Gasteiger partial charge in [-0.05, 0) is 60.3 Å². The molecule has 2 aliphatic carbocycles. The van der Waals surface area contributed by atoms with Crippen molar-refractivity contribution in [2.24, 2.45) is 0 Å². The van der Waals surface area contributed by atoms with Crippen LogP contribution in [0.1, 0.15) is 57.8 Å². The van der Waals surface area contributed by atoms with Crippen molar-refractivity contribution >= 4 is 0 Å². The van der Waals surface area contributed by atoms with Gasteiger partial charge in [0, 0.05) is 24.2 Å². The first-order valence-corrected chi connectivity index (χ1v) is 8.64. The maximum Gasteiger partial charge on any atom is 0.0330 e. The quantitative estimate of drug-likeness (QED) is 0.836. The molecular weight excluding hydrogens is 246 g/mol. The lowest BCUT2D eigenvalue weighted by molar-refractivity contribution is 0.00809. The first-order chi connectivity index (χ1) is 9.59. The van der Waals surface area contributed by atoms with Crippen molar-refractivity contribution in [1.82, 2.24) is 15.1 Å². The molecule has 2 aliphatic rings. The molecule has 20 heavy (non-hydrogen) atoms. The predicted octanol–water partition coefficient (Wildman–Crippen LogP) is 2.71. The first kappa shape index (κ1) is 16.3. The van der Waals surface area contributed by atoms with Crippen LogP contribution in [0.5, 0.6) is 0 Å². The third-order valence-corrected chi connectivity index (χ3v) is 5.94. The van der Waals surface area contributed by atoms with Gasteiger partial charge < -0.3 is 15.1 Å². The molecular formula is C17H35N3. The second-order valence-electron chi connectivity index (χ2n) is 7.34. The van der Waals surface area contributed by atoms with Gasteiger partial charge in [-0.2, -0.15) is 0 Å². The summed E-state index contributed by atoms with van der Waals surface area (Å²) < 4.78 is 0. The number of nitrogens with one attached hydrogen (secondary N) is 1. The molecule has 2 unspecified atom stereocenters. The largest absolute Gasteiger partial charge is 0.315 e. The number of hydrogen-bond donors (Lipinski definition) is 1. The molecule has 1 N–H and O–H groups in total. The van der Waals surface area contributed by atoms with Crippen molar-refractivity contribution < 1.29 is 0 Å². The van der Waals surface area contributed by atoms with Crippen molar-refractivity contribution in [2.75, 3.05) is 34.7 Å². The van der Waals surface area contributed by atoms with Crippen LogP contribution in [0.3, 0.4) is 0 Å². The number of likely N-dealkylation sites (N-methyl/N-ethyl adjacent to an activating group) is 3. The number of rotatable bonds is 5. The fourth-order valence-corrected chi connectivity index (χ4v) is 4.24. The smallest absolute Gasteiger partial charge is 0.0330 e. The van der Waals surface area contributed by atoms with Crippen LogP contribution in [-0.4, -0.2) is 62.2 Å². The highest BCUT2D eigenvalue weighted by atomic mass is 15.2. The summed E-state index contributed by atoms with van der Waals surface area (Å²) in [7, 11) is 9.04. The van der Waals surface area contributed by atoms with Crippen LogP contribution in [0.2, 0.25) is 0 Å². The van der Waals surface area contributed by atoms with Crippen LogP contribution in [0.25, 0.3) is 0 Å². The Kier molecular flexibility index (Phi) is 5.88. The van der Waals surface area contributed by atoms with Crippen molar-refractivity contribution in [1.29, 1.82) is 0 Å². The van der Waals surface area contributed by atoms with E-state index in [4.69, 9.17) is 0 Å². The molecule has 0 amide bonds. The van der Waals surface area contributed by atoms with E-state index in [0.29, 0.717) is 11.6 Å². The summed E-state index contributed by atoms with van der Waals surface area (Å²) >= 11 is 0. The van der Waals surface area contributed by atoms with E-state index in [1.54, 1.807) is 0 Å². The summed E-state index contributed by atoms with van der Waals surface area (Å²) in [4.78, 5) is 5.15. The molecule has 0 aromatic heterocycles. The summed E-state index contributed by atoms with van der Waals surface area (Å²) in [6, 6.07) is 1.40. The maximum absolute atomic E-state index is 3.60. The predicted molar refractivity (Wildman–Crippen MR) is 87.2 cm³/mol. The van der Waals surface area contributed by atoms with E-state index in [0.717, 1.165) is 6.04 Å². The Balaban J connectivity index is 1.98. The summed E-state index contributed by atoms with van der Waals surface area (Å²) in [5.41, 5.74) is 0.454.